The Bertz CT molecular complexity index is 530. The molecule has 2 rings (SSSR count). The number of carboxylic acid groups (broad SMARTS) is 1. The van der Waals surface area contributed by atoms with Crippen LogP contribution < -0.4 is 0 Å². The van der Waals surface area contributed by atoms with Gasteiger partial charge in [0.1, 0.15) is 5.56 Å². The summed E-state index contributed by atoms with van der Waals surface area (Å²) in [5, 5.41) is 12.9. The normalized spacial score (nSPS) is 10.4. The molecule has 0 aliphatic rings. The van der Waals surface area contributed by atoms with Gasteiger partial charge in [-0.25, -0.2) is 19.4 Å². The SMILES string of the molecule is Cc1cnc(-n2cc(C(=O)O)c(C)n2)nc1. The number of aryl methyl sites for hydroxylation is 2. The fourth-order valence-electron chi connectivity index (χ4n) is 1.28. The fraction of sp³-hybridized carbons (Fsp3) is 0.200. The highest BCUT2D eigenvalue weighted by Crippen LogP contribution is 2.08. The lowest BCUT2D eigenvalue weighted by Crippen LogP contribution is -2.01. The van der Waals surface area contributed by atoms with Gasteiger partial charge in [0, 0.05) is 18.6 Å². The molecule has 0 unspecified atom stereocenters. The molecule has 0 bridgehead atoms. The largest absolute Gasteiger partial charge is 0.478 e. The van der Waals surface area contributed by atoms with Crippen LogP contribution in [0, 0.1) is 13.8 Å². The summed E-state index contributed by atoms with van der Waals surface area (Å²) in [7, 11) is 0. The molecular formula is C10H10N4O2. The summed E-state index contributed by atoms with van der Waals surface area (Å²) in [5.41, 5.74) is 1.53. The zero-order chi connectivity index (χ0) is 11.7. The van der Waals surface area contributed by atoms with Crippen LogP contribution in [0.25, 0.3) is 5.95 Å². The van der Waals surface area contributed by atoms with Gasteiger partial charge in [-0.05, 0) is 19.4 Å². The molecule has 0 fully saturated rings. The topological polar surface area (TPSA) is 80.9 Å². The van der Waals surface area contributed by atoms with Crippen molar-refractivity contribution in [2.45, 2.75) is 13.8 Å². The summed E-state index contributed by atoms with van der Waals surface area (Å²) >= 11 is 0. The van der Waals surface area contributed by atoms with Crippen LogP contribution in [0.3, 0.4) is 0 Å². The van der Waals surface area contributed by atoms with E-state index in [4.69, 9.17) is 5.11 Å². The van der Waals surface area contributed by atoms with Gasteiger partial charge in [-0.2, -0.15) is 5.10 Å². The van der Waals surface area contributed by atoms with Gasteiger partial charge in [0.2, 0.25) is 5.95 Å². The van der Waals surface area contributed by atoms with Gasteiger partial charge in [0.15, 0.2) is 0 Å². The van der Waals surface area contributed by atoms with E-state index < -0.39 is 5.97 Å². The van der Waals surface area contributed by atoms with Crippen LogP contribution >= 0.6 is 0 Å². The van der Waals surface area contributed by atoms with Crippen molar-refractivity contribution in [3.8, 4) is 5.95 Å². The summed E-state index contributed by atoms with van der Waals surface area (Å²) < 4.78 is 1.36. The molecule has 0 radical (unpaired) electrons. The Balaban J connectivity index is 2.45. The molecule has 0 amide bonds. The van der Waals surface area contributed by atoms with Crippen LogP contribution in [0.4, 0.5) is 0 Å². The highest BCUT2D eigenvalue weighted by molar-refractivity contribution is 5.88. The highest BCUT2D eigenvalue weighted by Gasteiger charge is 2.13. The second-order valence-corrected chi connectivity index (χ2v) is 3.44. The quantitative estimate of drug-likeness (QED) is 0.812. The van der Waals surface area contributed by atoms with Crippen molar-refractivity contribution in [1.82, 2.24) is 19.7 Å². The lowest BCUT2D eigenvalue weighted by Gasteiger charge is -1.97. The van der Waals surface area contributed by atoms with E-state index in [1.165, 1.54) is 10.9 Å². The summed E-state index contributed by atoms with van der Waals surface area (Å²) in [4.78, 5) is 18.9. The van der Waals surface area contributed by atoms with Gasteiger partial charge in [0.25, 0.3) is 0 Å². The van der Waals surface area contributed by atoms with Crippen LogP contribution in [0.2, 0.25) is 0 Å². The Kier molecular flexibility index (Phi) is 2.40. The molecule has 0 atom stereocenters. The molecule has 0 aromatic carbocycles. The Hall–Kier alpha value is -2.24. The molecule has 0 saturated heterocycles. The summed E-state index contributed by atoms with van der Waals surface area (Å²) in [5.74, 6) is -0.642. The van der Waals surface area contributed by atoms with Gasteiger partial charge < -0.3 is 5.11 Å². The Morgan fingerprint density at radius 2 is 1.94 bits per heavy atom. The predicted molar refractivity (Wildman–Crippen MR) is 55.6 cm³/mol. The Labute approximate surface area is 91.6 Å². The number of carbonyl (C=O) groups is 1. The Morgan fingerprint density at radius 1 is 1.31 bits per heavy atom. The number of nitrogens with zero attached hydrogens (tertiary/aromatic N) is 4. The molecule has 16 heavy (non-hydrogen) atoms. The van der Waals surface area contributed by atoms with E-state index in [2.05, 4.69) is 15.1 Å². The van der Waals surface area contributed by atoms with E-state index in [-0.39, 0.29) is 5.56 Å². The third-order valence-corrected chi connectivity index (χ3v) is 2.10. The molecule has 2 heterocycles. The van der Waals surface area contributed by atoms with Crippen LogP contribution in [-0.2, 0) is 0 Å². The molecule has 1 N–H and O–H groups in total. The molecule has 0 aliphatic heterocycles. The minimum absolute atomic E-state index is 0.157. The molecule has 6 nitrogen and oxygen atoms in total. The van der Waals surface area contributed by atoms with Crippen molar-refractivity contribution in [2.75, 3.05) is 0 Å². The lowest BCUT2D eigenvalue weighted by atomic mass is 10.3. The van der Waals surface area contributed by atoms with Crippen LogP contribution in [0.15, 0.2) is 18.6 Å². The van der Waals surface area contributed by atoms with E-state index in [0.29, 0.717) is 11.6 Å². The molecule has 2 aromatic rings. The monoisotopic (exact) mass is 218 g/mol. The third kappa shape index (κ3) is 1.77. The number of hydrogen-bond donors (Lipinski definition) is 1. The van der Waals surface area contributed by atoms with Crippen LogP contribution in [-0.4, -0.2) is 30.8 Å². The maximum absolute atomic E-state index is 10.8. The number of aromatic carboxylic acids is 1. The predicted octanol–water partition coefficient (Wildman–Crippen LogP) is 0.977. The van der Waals surface area contributed by atoms with Crippen molar-refractivity contribution < 1.29 is 9.90 Å². The van der Waals surface area contributed by atoms with E-state index in [0.717, 1.165) is 5.56 Å². The van der Waals surface area contributed by atoms with Crippen LogP contribution in [0.5, 0.6) is 0 Å². The first-order valence-corrected chi connectivity index (χ1v) is 4.66. The minimum atomic E-state index is -1.00. The average molecular weight is 218 g/mol. The first-order valence-electron chi connectivity index (χ1n) is 4.66. The van der Waals surface area contributed by atoms with Crippen molar-refractivity contribution in [2.24, 2.45) is 0 Å². The van der Waals surface area contributed by atoms with Crippen molar-refractivity contribution in [3.05, 3.63) is 35.4 Å². The Morgan fingerprint density at radius 3 is 2.44 bits per heavy atom. The van der Waals surface area contributed by atoms with Gasteiger partial charge in [-0.1, -0.05) is 0 Å². The zero-order valence-corrected chi connectivity index (χ0v) is 8.88. The second-order valence-electron chi connectivity index (χ2n) is 3.44. The summed E-state index contributed by atoms with van der Waals surface area (Å²) in [6.07, 6.45) is 4.71. The molecule has 2 aromatic heterocycles. The second kappa shape index (κ2) is 3.73. The lowest BCUT2D eigenvalue weighted by molar-refractivity contribution is 0.0696. The fourth-order valence-corrected chi connectivity index (χ4v) is 1.28. The van der Waals surface area contributed by atoms with Gasteiger partial charge in [0.05, 0.1) is 5.69 Å². The number of rotatable bonds is 2. The van der Waals surface area contributed by atoms with E-state index >= 15 is 0 Å². The van der Waals surface area contributed by atoms with Crippen molar-refractivity contribution in [1.29, 1.82) is 0 Å². The molecule has 82 valence electrons. The molecular weight excluding hydrogens is 208 g/mol. The van der Waals surface area contributed by atoms with E-state index in [9.17, 15) is 4.79 Å². The molecule has 6 heteroatoms. The minimum Gasteiger partial charge on any atom is -0.478 e. The molecule has 0 spiro atoms. The number of carboxylic acids is 1. The van der Waals surface area contributed by atoms with E-state index in [1.54, 1.807) is 19.3 Å². The zero-order valence-electron chi connectivity index (χ0n) is 8.88. The first kappa shape index (κ1) is 10.3. The smallest absolute Gasteiger partial charge is 0.339 e. The third-order valence-electron chi connectivity index (χ3n) is 2.10. The first-order chi connectivity index (χ1) is 7.58. The summed E-state index contributed by atoms with van der Waals surface area (Å²) in [6, 6.07) is 0. The average Bonchev–Trinajstić information content (AvgIpc) is 2.61. The van der Waals surface area contributed by atoms with E-state index in [1.807, 2.05) is 6.92 Å². The maximum atomic E-state index is 10.8. The highest BCUT2D eigenvalue weighted by atomic mass is 16.4. The van der Waals surface area contributed by atoms with Crippen LogP contribution in [0.1, 0.15) is 21.6 Å². The van der Waals surface area contributed by atoms with Gasteiger partial charge in [-0.15, -0.1) is 0 Å². The molecule has 0 aliphatic carbocycles. The maximum Gasteiger partial charge on any atom is 0.339 e. The van der Waals surface area contributed by atoms with Gasteiger partial charge in [-0.3, -0.25) is 0 Å². The van der Waals surface area contributed by atoms with Crippen molar-refractivity contribution >= 4 is 5.97 Å². The molecule has 0 saturated carbocycles. The number of aromatic nitrogens is 4. The number of hydrogen-bond acceptors (Lipinski definition) is 4. The standard InChI is InChI=1S/C10H10N4O2/c1-6-3-11-10(12-4-6)14-5-8(9(15)16)7(2)13-14/h3-5H,1-2H3,(H,15,16). The summed E-state index contributed by atoms with van der Waals surface area (Å²) in [6.45, 7) is 3.51. The van der Waals surface area contributed by atoms with Gasteiger partial charge >= 0.3 is 5.97 Å². The van der Waals surface area contributed by atoms with Crippen molar-refractivity contribution in [3.63, 3.8) is 0 Å².